The Morgan fingerprint density at radius 1 is 1.20 bits per heavy atom. The summed E-state index contributed by atoms with van der Waals surface area (Å²) in [4.78, 5) is 13.4. The van der Waals surface area contributed by atoms with Crippen LogP contribution in [0.5, 0.6) is 0 Å². The van der Waals surface area contributed by atoms with Gasteiger partial charge in [0.15, 0.2) is 0 Å². The highest BCUT2D eigenvalue weighted by Crippen LogP contribution is 2.39. The maximum absolute atomic E-state index is 12.1. The van der Waals surface area contributed by atoms with Crippen molar-refractivity contribution in [2.24, 2.45) is 0 Å². The first-order valence-corrected chi connectivity index (χ1v) is 7.66. The number of carbonyl (C=O) groups is 1. The molecule has 1 heterocycles. The van der Waals surface area contributed by atoms with Crippen LogP contribution >= 0.6 is 11.3 Å². The van der Waals surface area contributed by atoms with Gasteiger partial charge in [0.2, 0.25) is 0 Å². The van der Waals surface area contributed by atoms with Crippen LogP contribution in [0.15, 0.2) is 30.3 Å². The Labute approximate surface area is 122 Å². The second-order valence-electron chi connectivity index (χ2n) is 4.90. The van der Waals surface area contributed by atoms with Gasteiger partial charge < -0.3 is 10.1 Å². The predicted octanol–water partition coefficient (Wildman–Crippen LogP) is 4.16. The van der Waals surface area contributed by atoms with Gasteiger partial charge in [0.05, 0.1) is 12.7 Å². The maximum Gasteiger partial charge on any atom is 0.341 e. The van der Waals surface area contributed by atoms with Crippen molar-refractivity contribution in [3.8, 4) is 0 Å². The first kappa shape index (κ1) is 13.2. The molecule has 0 bridgehead atoms. The molecule has 0 atom stereocenters. The quantitative estimate of drug-likeness (QED) is 0.862. The van der Waals surface area contributed by atoms with Crippen LogP contribution in [0.4, 0.5) is 10.7 Å². The minimum atomic E-state index is -0.233. The fourth-order valence-electron chi connectivity index (χ4n) is 2.62. The largest absolute Gasteiger partial charge is 0.465 e. The predicted molar refractivity (Wildman–Crippen MR) is 82.0 cm³/mol. The zero-order chi connectivity index (χ0) is 13.9. The molecule has 0 aliphatic heterocycles. The number of fused-ring (bicyclic) bond motifs is 1. The second-order valence-corrected chi connectivity index (χ2v) is 6.00. The van der Waals surface area contributed by atoms with Crippen molar-refractivity contribution in [2.75, 3.05) is 12.4 Å². The molecule has 0 saturated carbocycles. The van der Waals surface area contributed by atoms with E-state index in [9.17, 15) is 4.79 Å². The number of carbonyl (C=O) groups excluding carboxylic acids is 1. The number of hydrogen-bond donors (Lipinski definition) is 1. The van der Waals surface area contributed by atoms with Gasteiger partial charge >= 0.3 is 5.97 Å². The third-order valence-electron chi connectivity index (χ3n) is 3.59. The molecule has 3 nitrogen and oxygen atoms in total. The van der Waals surface area contributed by atoms with E-state index in [1.54, 1.807) is 11.3 Å². The van der Waals surface area contributed by atoms with Crippen LogP contribution in [0.2, 0.25) is 0 Å². The molecule has 0 spiro atoms. The Bertz CT molecular complexity index is 619. The Balaban J connectivity index is 2.01. The highest BCUT2D eigenvalue weighted by atomic mass is 32.1. The van der Waals surface area contributed by atoms with E-state index in [0.717, 1.165) is 35.5 Å². The number of benzene rings is 1. The van der Waals surface area contributed by atoms with Crippen LogP contribution in [-0.4, -0.2) is 13.1 Å². The summed E-state index contributed by atoms with van der Waals surface area (Å²) in [5.41, 5.74) is 2.92. The molecule has 1 aliphatic carbocycles. The molecule has 1 aliphatic rings. The number of ether oxygens (including phenoxy) is 1. The smallest absolute Gasteiger partial charge is 0.341 e. The van der Waals surface area contributed by atoms with Crippen LogP contribution in [0.3, 0.4) is 0 Å². The van der Waals surface area contributed by atoms with Gasteiger partial charge in [-0.25, -0.2) is 4.79 Å². The Hall–Kier alpha value is -1.81. The van der Waals surface area contributed by atoms with Gasteiger partial charge in [0, 0.05) is 10.6 Å². The van der Waals surface area contributed by atoms with Crippen LogP contribution in [0, 0.1) is 0 Å². The molecule has 20 heavy (non-hydrogen) atoms. The zero-order valence-electron chi connectivity index (χ0n) is 11.4. The highest BCUT2D eigenvalue weighted by Gasteiger charge is 2.25. The fraction of sp³-hybridized carbons (Fsp3) is 0.312. The van der Waals surface area contributed by atoms with E-state index in [0.29, 0.717) is 0 Å². The topological polar surface area (TPSA) is 38.3 Å². The average molecular weight is 287 g/mol. The summed E-state index contributed by atoms with van der Waals surface area (Å²) in [6.45, 7) is 0. The van der Waals surface area contributed by atoms with Crippen molar-refractivity contribution in [2.45, 2.75) is 25.7 Å². The molecule has 3 rings (SSSR count). The van der Waals surface area contributed by atoms with E-state index in [4.69, 9.17) is 4.74 Å². The molecular formula is C16H17NO2S. The van der Waals surface area contributed by atoms with E-state index in [2.05, 4.69) is 5.32 Å². The molecule has 0 radical (unpaired) electrons. The average Bonchev–Trinajstić information content (AvgIpc) is 2.85. The van der Waals surface area contributed by atoms with Gasteiger partial charge in [-0.15, -0.1) is 11.3 Å². The van der Waals surface area contributed by atoms with E-state index in [-0.39, 0.29) is 5.97 Å². The van der Waals surface area contributed by atoms with Crippen molar-refractivity contribution in [1.82, 2.24) is 0 Å². The first-order valence-electron chi connectivity index (χ1n) is 6.84. The molecule has 1 aromatic heterocycles. The summed E-state index contributed by atoms with van der Waals surface area (Å²) in [7, 11) is 1.45. The molecule has 0 unspecified atom stereocenters. The Morgan fingerprint density at radius 2 is 1.95 bits per heavy atom. The minimum absolute atomic E-state index is 0.233. The molecule has 0 fully saturated rings. The number of methoxy groups -OCH3 is 1. The first-order chi connectivity index (χ1) is 9.79. The van der Waals surface area contributed by atoms with E-state index >= 15 is 0 Å². The van der Waals surface area contributed by atoms with Crippen LogP contribution in [0.1, 0.15) is 33.6 Å². The van der Waals surface area contributed by atoms with E-state index in [1.165, 1.54) is 24.0 Å². The molecule has 1 aromatic carbocycles. The molecule has 1 N–H and O–H groups in total. The number of thiophene rings is 1. The van der Waals surface area contributed by atoms with Crippen LogP contribution in [0.25, 0.3) is 0 Å². The number of esters is 1. The maximum atomic E-state index is 12.1. The number of anilines is 2. The third kappa shape index (κ3) is 2.43. The summed E-state index contributed by atoms with van der Waals surface area (Å²) < 4.78 is 4.97. The normalized spacial score (nSPS) is 13.7. The third-order valence-corrected chi connectivity index (χ3v) is 4.80. The van der Waals surface area contributed by atoms with Gasteiger partial charge in [-0.1, -0.05) is 18.2 Å². The standard InChI is InChI=1S/C16H17NO2S/c1-19-16(18)14-12-9-5-6-10-13(12)20-15(14)17-11-7-3-2-4-8-11/h2-4,7-8,17H,5-6,9-10H2,1H3. The number of nitrogens with one attached hydrogen (secondary N) is 1. The molecule has 104 valence electrons. The summed E-state index contributed by atoms with van der Waals surface area (Å²) >= 11 is 1.69. The number of rotatable bonds is 3. The molecule has 2 aromatic rings. The van der Waals surface area contributed by atoms with Gasteiger partial charge in [-0.2, -0.15) is 0 Å². The lowest BCUT2D eigenvalue weighted by Gasteiger charge is -2.11. The number of para-hydroxylation sites is 1. The monoisotopic (exact) mass is 287 g/mol. The lowest BCUT2D eigenvalue weighted by molar-refractivity contribution is 0.0601. The zero-order valence-corrected chi connectivity index (χ0v) is 12.3. The van der Waals surface area contributed by atoms with Gasteiger partial charge in [0.25, 0.3) is 0 Å². The summed E-state index contributed by atoms with van der Waals surface area (Å²) in [6.07, 6.45) is 4.41. The summed E-state index contributed by atoms with van der Waals surface area (Å²) in [5, 5.41) is 4.27. The molecule has 0 amide bonds. The van der Waals surface area contributed by atoms with Crippen molar-refractivity contribution in [1.29, 1.82) is 0 Å². The number of hydrogen-bond acceptors (Lipinski definition) is 4. The van der Waals surface area contributed by atoms with Crippen LogP contribution in [-0.2, 0) is 17.6 Å². The summed E-state index contributed by atoms with van der Waals surface area (Å²) in [5.74, 6) is -0.233. The van der Waals surface area contributed by atoms with Crippen molar-refractivity contribution in [3.63, 3.8) is 0 Å². The highest BCUT2D eigenvalue weighted by molar-refractivity contribution is 7.16. The SMILES string of the molecule is COC(=O)c1c(Nc2ccccc2)sc2c1CCCC2. The molecule has 0 saturated heterocycles. The fourth-order valence-corrected chi connectivity index (χ4v) is 3.92. The minimum Gasteiger partial charge on any atom is -0.465 e. The number of aryl methyl sites for hydroxylation is 1. The van der Waals surface area contributed by atoms with Gasteiger partial charge in [-0.3, -0.25) is 0 Å². The van der Waals surface area contributed by atoms with Crippen LogP contribution < -0.4 is 5.32 Å². The Kier molecular flexibility index (Phi) is 3.74. The van der Waals surface area contributed by atoms with Crippen molar-refractivity contribution in [3.05, 3.63) is 46.3 Å². The molecular weight excluding hydrogens is 270 g/mol. The van der Waals surface area contributed by atoms with E-state index < -0.39 is 0 Å². The lowest BCUT2D eigenvalue weighted by Crippen LogP contribution is -2.09. The lowest BCUT2D eigenvalue weighted by atomic mass is 9.95. The molecule has 4 heteroatoms. The summed E-state index contributed by atoms with van der Waals surface area (Å²) in [6, 6.07) is 9.94. The van der Waals surface area contributed by atoms with Crippen molar-refractivity contribution < 1.29 is 9.53 Å². The second kappa shape index (κ2) is 5.67. The van der Waals surface area contributed by atoms with Gasteiger partial charge in [0.1, 0.15) is 5.00 Å². The van der Waals surface area contributed by atoms with Gasteiger partial charge in [-0.05, 0) is 43.4 Å². The van der Waals surface area contributed by atoms with Crippen molar-refractivity contribution >= 4 is 28.0 Å². The van der Waals surface area contributed by atoms with E-state index in [1.807, 2.05) is 30.3 Å². The Morgan fingerprint density at radius 3 is 2.70 bits per heavy atom.